The second-order valence-electron chi connectivity index (χ2n) is 6.51. The third-order valence-electron chi connectivity index (χ3n) is 3.23. The number of halogens is 2. The molecule has 0 fully saturated rings. The summed E-state index contributed by atoms with van der Waals surface area (Å²) in [4.78, 5) is 25.1. The van der Waals surface area contributed by atoms with Gasteiger partial charge in [0.15, 0.2) is 5.78 Å². The largest absolute Gasteiger partial charge is 0.444 e. The summed E-state index contributed by atoms with van der Waals surface area (Å²) in [5, 5.41) is 3.62. The molecule has 0 aliphatic carbocycles. The van der Waals surface area contributed by atoms with Crippen molar-refractivity contribution >= 4 is 35.1 Å². The quantitative estimate of drug-likeness (QED) is 0.719. The summed E-state index contributed by atoms with van der Waals surface area (Å²) in [6, 6.07) is 12.3. The van der Waals surface area contributed by atoms with Crippen LogP contribution in [0.5, 0.6) is 0 Å². The average molecular weight is 380 g/mol. The fourth-order valence-corrected chi connectivity index (χ4v) is 2.52. The molecule has 0 aliphatic heterocycles. The molecule has 0 bridgehead atoms. The Balaban J connectivity index is 2.33. The zero-order valence-electron chi connectivity index (χ0n) is 14.2. The lowest BCUT2D eigenvalue weighted by Gasteiger charge is -2.23. The molecule has 0 heterocycles. The number of nitrogens with one attached hydrogen (secondary N) is 1. The van der Waals surface area contributed by atoms with Crippen LogP contribution in [0.1, 0.15) is 42.7 Å². The van der Waals surface area contributed by atoms with Crippen LogP contribution in [0, 0.1) is 0 Å². The Morgan fingerprint density at radius 3 is 2.20 bits per heavy atom. The van der Waals surface area contributed by atoms with Gasteiger partial charge in [-0.3, -0.25) is 4.79 Å². The zero-order valence-corrected chi connectivity index (χ0v) is 15.7. The monoisotopic (exact) mass is 379 g/mol. The highest BCUT2D eigenvalue weighted by molar-refractivity contribution is 6.31. The number of Topliss-reactive ketones (excluding diaryl/α,β-unsaturated/α-hetero) is 1. The van der Waals surface area contributed by atoms with Crippen molar-refractivity contribution < 1.29 is 14.3 Å². The first-order valence-electron chi connectivity index (χ1n) is 7.70. The minimum atomic E-state index is -0.922. The first-order chi connectivity index (χ1) is 11.7. The smallest absolute Gasteiger partial charge is 0.408 e. The van der Waals surface area contributed by atoms with Gasteiger partial charge in [0.1, 0.15) is 11.6 Å². The standard InChI is InChI=1S/C19H19Cl2NO3/c1-19(2,3)25-18(24)22-16(13-5-4-6-15(21)11-13)17(23)12-7-9-14(20)10-8-12/h4-11,16H,1-3H3,(H,22,24). The Morgan fingerprint density at radius 2 is 1.64 bits per heavy atom. The summed E-state index contributed by atoms with van der Waals surface area (Å²) in [6.07, 6.45) is -0.681. The van der Waals surface area contributed by atoms with Crippen LogP contribution in [0.25, 0.3) is 0 Å². The van der Waals surface area contributed by atoms with Crippen molar-refractivity contribution in [3.8, 4) is 0 Å². The molecule has 4 nitrogen and oxygen atoms in total. The van der Waals surface area contributed by atoms with Crippen molar-refractivity contribution in [2.75, 3.05) is 0 Å². The Bertz CT molecular complexity index is 767. The van der Waals surface area contributed by atoms with Crippen LogP contribution in [0.3, 0.4) is 0 Å². The third-order valence-corrected chi connectivity index (χ3v) is 3.72. The predicted molar refractivity (Wildman–Crippen MR) is 99.3 cm³/mol. The lowest BCUT2D eigenvalue weighted by atomic mass is 9.97. The molecule has 1 unspecified atom stereocenters. The van der Waals surface area contributed by atoms with Crippen molar-refractivity contribution in [2.45, 2.75) is 32.4 Å². The Kier molecular flexibility index (Phi) is 6.09. The van der Waals surface area contributed by atoms with E-state index in [0.717, 1.165) is 0 Å². The first-order valence-corrected chi connectivity index (χ1v) is 8.46. The van der Waals surface area contributed by atoms with Gasteiger partial charge in [0.2, 0.25) is 0 Å². The number of carbonyl (C=O) groups excluding carboxylic acids is 2. The fourth-order valence-electron chi connectivity index (χ4n) is 2.19. The molecule has 132 valence electrons. The molecular weight excluding hydrogens is 361 g/mol. The third kappa shape index (κ3) is 5.76. The molecule has 0 saturated carbocycles. The fraction of sp³-hybridized carbons (Fsp3) is 0.263. The van der Waals surface area contributed by atoms with Crippen LogP contribution < -0.4 is 5.32 Å². The van der Waals surface area contributed by atoms with Crippen LogP contribution >= 0.6 is 23.2 Å². The molecule has 0 saturated heterocycles. The number of alkyl carbamates (subject to hydrolysis) is 1. The first kappa shape index (κ1) is 19.3. The van der Waals surface area contributed by atoms with Gasteiger partial charge in [0.05, 0.1) is 0 Å². The predicted octanol–water partition coefficient (Wildman–Crippen LogP) is 5.44. The van der Waals surface area contributed by atoms with E-state index < -0.39 is 17.7 Å². The molecule has 1 atom stereocenters. The Morgan fingerprint density at radius 1 is 1.00 bits per heavy atom. The van der Waals surface area contributed by atoms with Gasteiger partial charge < -0.3 is 10.1 Å². The molecular formula is C19H19Cl2NO3. The number of hydrogen-bond donors (Lipinski definition) is 1. The lowest BCUT2D eigenvalue weighted by Crippen LogP contribution is -2.38. The van der Waals surface area contributed by atoms with E-state index in [0.29, 0.717) is 21.2 Å². The average Bonchev–Trinajstić information content (AvgIpc) is 2.51. The molecule has 2 rings (SSSR count). The molecule has 25 heavy (non-hydrogen) atoms. The second kappa shape index (κ2) is 7.89. The molecule has 1 N–H and O–H groups in total. The molecule has 2 aromatic rings. The summed E-state index contributed by atoms with van der Waals surface area (Å²) < 4.78 is 5.27. The van der Waals surface area contributed by atoms with Gasteiger partial charge in [-0.15, -0.1) is 0 Å². The number of rotatable bonds is 4. The molecule has 6 heteroatoms. The van der Waals surface area contributed by atoms with E-state index in [9.17, 15) is 9.59 Å². The number of ketones is 1. The van der Waals surface area contributed by atoms with Crippen LogP contribution in [0.4, 0.5) is 4.79 Å². The van der Waals surface area contributed by atoms with E-state index in [4.69, 9.17) is 27.9 Å². The minimum Gasteiger partial charge on any atom is -0.444 e. The van der Waals surface area contributed by atoms with Crippen molar-refractivity contribution in [1.82, 2.24) is 5.32 Å². The minimum absolute atomic E-state index is 0.287. The zero-order chi connectivity index (χ0) is 18.6. The molecule has 0 radical (unpaired) electrons. The topological polar surface area (TPSA) is 55.4 Å². The van der Waals surface area contributed by atoms with Crippen LogP contribution in [-0.2, 0) is 4.74 Å². The van der Waals surface area contributed by atoms with Crippen LogP contribution in [0.15, 0.2) is 48.5 Å². The number of amides is 1. The van der Waals surface area contributed by atoms with Gasteiger partial charge in [-0.1, -0.05) is 35.3 Å². The summed E-state index contributed by atoms with van der Waals surface area (Å²) in [6.45, 7) is 5.26. The normalized spacial score (nSPS) is 12.4. The van der Waals surface area contributed by atoms with Crippen molar-refractivity contribution in [3.63, 3.8) is 0 Å². The van der Waals surface area contributed by atoms with Gasteiger partial charge in [-0.25, -0.2) is 4.79 Å². The molecule has 0 aliphatic rings. The van der Waals surface area contributed by atoms with Gasteiger partial charge in [-0.2, -0.15) is 0 Å². The number of carbonyl (C=O) groups is 2. The van der Waals surface area contributed by atoms with E-state index >= 15 is 0 Å². The summed E-state index contributed by atoms with van der Waals surface area (Å²) in [5.41, 5.74) is 0.315. The maximum Gasteiger partial charge on any atom is 0.408 e. The van der Waals surface area contributed by atoms with Gasteiger partial charge in [-0.05, 0) is 62.7 Å². The summed E-state index contributed by atoms with van der Waals surface area (Å²) >= 11 is 11.9. The maximum atomic E-state index is 12.9. The number of hydrogen-bond acceptors (Lipinski definition) is 3. The maximum absolute atomic E-state index is 12.9. The van der Waals surface area contributed by atoms with Gasteiger partial charge in [0, 0.05) is 15.6 Å². The highest BCUT2D eigenvalue weighted by Crippen LogP contribution is 2.23. The van der Waals surface area contributed by atoms with E-state index in [1.54, 1.807) is 69.3 Å². The van der Waals surface area contributed by atoms with Crippen LogP contribution in [-0.4, -0.2) is 17.5 Å². The van der Waals surface area contributed by atoms with Gasteiger partial charge in [0.25, 0.3) is 0 Å². The molecule has 1 amide bonds. The SMILES string of the molecule is CC(C)(C)OC(=O)NC(C(=O)c1ccc(Cl)cc1)c1cccc(Cl)c1. The van der Waals surface area contributed by atoms with Crippen molar-refractivity contribution in [3.05, 3.63) is 69.7 Å². The van der Waals surface area contributed by atoms with E-state index in [1.165, 1.54) is 0 Å². The van der Waals surface area contributed by atoms with E-state index in [-0.39, 0.29) is 5.78 Å². The summed E-state index contributed by atoms with van der Waals surface area (Å²) in [5.74, 6) is -0.287. The Hall–Kier alpha value is -2.04. The molecule has 0 aromatic heterocycles. The van der Waals surface area contributed by atoms with E-state index in [2.05, 4.69) is 5.32 Å². The van der Waals surface area contributed by atoms with Crippen LogP contribution in [0.2, 0.25) is 10.0 Å². The summed E-state index contributed by atoms with van der Waals surface area (Å²) in [7, 11) is 0. The number of benzene rings is 2. The second-order valence-corrected chi connectivity index (χ2v) is 7.38. The molecule has 0 spiro atoms. The highest BCUT2D eigenvalue weighted by Gasteiger charge is 2.27. The molecule has 2 aromatic carbocycles. The highest BCUT2D eigenvalue weighted by atomic mass is 35.5. The number of ether oxygens (including phenoxy) is 1. The van der Waals surface area contributed by atoms with Gasteiger partial charge >= 0.3 is 6.09 Å². The van der Waals surface area contributed by atoms with Crippen molar-refractivity contribution in [2.24, 2.45) is 0 Å². The van der Waals surface area contributed by atoms with E-state index in [1.807, 2.05) is 0 Å². The van der Waals surface area contributed by atoms with Crippen molar-refractivity contribution in [1.29, 1.82) is 0 Å². The Labute approximate surface area is 157 Å². The lowest BCUT2D eigenvalue weighted by molar-refractivity contribution is 0.0491.